The van der Waals surface area contributed by atoms with Gasteiger partial charge in [0.25, 0.3) is 0 Å². The Labute approximate surface area is 258 Å². The zero-order valence-electron chi connectivity index (χ0n) is 24.3. The largest absolute Gasteiger partial charge is 2.00 e. The van der Waals surface area contributed by atoms with Gasteiger partial charge in [-0.3, -0.25) is 9.59 Å². The van der Waals surface area contributed by atoms with Crippen molar-refractivity contribution in [1.29, 1.82) is 0 Å². The second-order valence-electron chi connectivity index (χ2n) is 7.70. The summed E-state index contributed by atoms with van der Waals surface area (Å²) in [6.45, 7) is 19.7. The van der Waals surface area contributed by atoms with Gasteiger partial charge in [-0.05, 0) is 38.5 Å². The van der Waals surface area contributed by atoms with Gasteiger partial charge in [0.05, 0.1) is 13.2 Å². The van der Waals surface area contributed by atoms with Crippen LogP contribution in [-0.4, -0.2) is 87.0 Å². The van der Waals surface area contributed by atoms with Crippen LogP contribution >= 0.6 is 0 Å². The monoisotopic (exact) mass is 672 g/mol. The Kier molecular flexibility index (Phi) is 62.9. The van der Waals surface area contributed by atoms with E-state index in [9.17, 15) is 9.59 Å². The van der Waals surface area contributed by atoms with Gasteiger partial charge in [0.1, 0.15) is 0 Å². The molecule has 0 bridgehead atoms. The van der Waals surface area contributed by atoms with Gasteiger partial charge in [-0.2, -0.15) is 11.5 Å². The molecule has 0 spiro atoms. The van der Waals surface area contributed by atoms with Crippen LogP contribution in [0, 0.1) is 13.8 Å². The van der Waals surface area contributed by atoms with E-state index in [0.717, 1.165) is 77.8 Å². The fraction of sp³-hybridized carbons (Fsp3) is 0.857. The van der Waals surface area contributed by atoms with Crippen molar-refractivity contribution in [2.45, 2.75) is 105 Å². The van der Waals surface area contributed by atoms with E-state index in [1.165, 1.54) is 12.8 Å². The molecule has 0 atom stereocenters. The van der Waals surface area contributed by atoms with Crippen molar-refractivity contribution in [2.75, 3.05) is 51.1 Å². The van der Waals surface area contributed by atoms with Crippen LogP contribution in [0.1, 0.15) is 105 Å². The minimum absolute atomic E-state index is 0. The SMILES string of the molecule is CCCOCCCCOC(=O)CC[S-].CCCOCCCCOC(=O)CC[S-].[CH2]CCC.[CH2]CCC.[Sn+2]. The molecule has 0 aliphatic heterocycles. The zero-order valence-corrected chi connectivity index (χ0v) is 28.8. The van der Waals surface area contributed by atoms with Gasteiger partial charge in [-0.15, -0.1) is 0 Å². The molecule has 0 aliphatic rings. The number of carbonyl (C=O) groups excluding carboxylic acids is 2. The summed E-state index contributed by atoms with van der Waals surface area (Å²) in [7, 11) is 0. The van der Waals surface area contributed by atoms with Gasteiger partial charge in [-0.1, -0.05) is 67.2 Å². The molecule has 0 amide bonds. The minimum Gasteiger partial charge on any atom is -0.792 e. The molecule has 9 heteroatoms. The van der Waals surface area contributed by atoms with Crippen LogP contribution in [0.25, 0.3) is 0 Å². The third-order valence-electron chi connectivity index (χ3n) is 3.91. The normalized spacial score (nSPS) is 9.30. The van der Waals surface area contributed by atoms with Crippen LogP contribution in [0.2, 0.25) is 0 Å². The molecule has 220 valence electrons. The summed E-state index contributed by atoms with van der Waals surface area (Å²) in [6.07, 6.45) is 11.0. The zero-order chi connectivity index (χ0) is 28.1. The minimum atomic E-state index is -0.186. The maximum Gasteiger partial charge on any atom is 2.00 e. The summed E-state index contributed by atoms with van der Waals surface area (Å²) >= 11 is 9.31. The van der Waals surface area contributed by atoms with E-state index >= 15 is 0 Å². The van der Waals surface area contributed by atoms with Crippen molar-refractivity contribution < 1.29 is 28.5 Å². The summed E-state index contributed by atoms with van der Waals surface area (Å²) in [5.41, 5.74) is 0. The predicted molar refractivity (Wildman–Crippen MR) is 163 cm³/mol. The van der Waals surface area contributed by atoms with Crippen molar-refractivity contribution in [2.24, 2.45) is 0 Å². The molecule has 6 nitrogen and oxygen atoms in total. The number of rotatable bonds is 20. The third-order valence-corrected chi connectivity index (χ3v) is 4.32. The average molecular weight is 672 g/mol. The quantitative estimate of drug-likeness (QED) is 0.0656. The van der Waals surface area contributed by atoms with E-state index < -0.39 is 0 Å². The Hall–Kier alpha value is 0.359. The molecule has 0 aromatic heterocycles. The molecular weight excluding hydrogens is 615 g/mol. The summed E-state index contributed by atoms with van der Waals surface area (Å²) in [4.78, 5) is 21.7. The summed E-state index contributed by atoms with van der Waals surface area (Å²) < 4.78 is 20.4. The first kappa shape index (κ1) is 47.2. The van der Waals surface area contributed by atoms with Crippen molar-refractivity contribution >= 4 is 61.1 Å². The van der Waals surface area contributed by atoms with Gasteiger partial charge in [-0.25, -0.2) is 0 Å². The fourth-order valence-electron chi connectivity index (χ4n) is 1.79. The van der Waals surface area contributed by atoms with Crippen molar-refractivity contribution in [3.63, 3.8) is 0 Å². The number of hydrogen-bond acceptors (Lipinski definition) is 8. The summed E-state index contributed by atoms with van der Waals surface area (Å²) in [5.74, 6) is 0.514. The molecule has 0 unspecified atom stereocenters. The Morgan fingerprint density at radius 1 is 0.568 bits per heavy atom. The smallest absolute Gasteiger partial charge is 0.792 e. The molecule has 4 radical (unpaired) electrons. The third kappa shape index (κ3) is 61.8. The first-order valence-corrected chi connectivity index (χ1v) is 14.8. The van der Waals surface area contributed by atoms with E-state index in [1.807, 2.05) is 0 Å². The number of unbranched alkanes of at least 4 members (excludes halogenated alkanes) is 4. The Bertz CT molecular complexity index is 365. The first-order chi connectivity index (χ1) is 17.4. The molecule has 0 aliphatic carbocycles. The van der Waals surface area contributed by atoms with E-state index in [0.29, 0.717) is 37.6 Å². The maximum atomic E-state index is 10.9. The van der Waals surface area contributed by atoms with Crippen molar-refractivity contribution in [1.82, 2.24) is 0 Å². The molecule has 0 N–H and O–H groups in total. The summed E-state index contributed by atoms with van der Waals surface area (Å²) in [6, 6.07) is 0. The van der Waals surface area contributed by atoms with Crippen LogP contribution in [0.4, 0.5) is 0 Å². The van der Waals surface area contributed by atoms with E-state index in [-0.39, 0.29) is 35.8 Å². The van der Waals surface area contributed by atoms with Crippen LogP contribution < -0.4 is 0 Å². The van der Waals surface area contributed by atoms with E-state index in [4.69, 9.17) is 18.9 Å². The van der Waals surface area contributed by atoms with Crippen molar-refractivity contribution in [3.8, 4) is 0 Å². The van der Waals surface area contributed by atoms with E-state index in [1.54, 1.807) is 0 Å². The van der Waals surface area contributed by atoms with Gasteiger partial charge in [0.15, 0.2) is 0 Å². The summed E-state index contributed by atoms with van der Waals surface area (Å²) in [5, 5.41) is 0. The molecule has 0 aromatic rings. The Morgan fingerprint density at radius 2 is 0.865 bits per heavy atom. The average Bonchev–Trinajstić information content (AvgIpc) is 2.88. The number of hydrogen-bond donors (Lipinski definition) is 0. The number of esters is 2. The topological polar surface area (TPSA) is 71.1 Å². The first-order valence-electron chi connectivity index (χ1n) is 13.7. The van der Waals surface area contributed by atoms with E-state index in [2.05, 4.69) is 66.8 Å². The maximum absolute atomic E-state index is 10.9. The van der Waals surface area contributed by atoms with Crippen LogP contribution in [0.15, 0.2) is 0 Å². The molecule has 0 fully saturated rings. The van der Waals surface area contributed by atoms with Gasteiger partial charge < -0.3 is 44.2 Å². The second kappa shape index (κ2) is 49.3. The Morgan fingerprint density at radius 3 is 1.11 bits per heavy atom. The molecule has 0 saturated heterocycles. The molecular formula is C28H56O6S2Sn. The molecule has 0 saturated carbocycles. The standard InChI is InChI=1S/2C10H20O3S.2C4H9.Sn/c2*1-2-6-12-7-3-4-8-13-10(11)5-9-14;2*1-3-4-2;/h2*14H,2-9H2,1H3;2*1,3-4H2,2H3;/q;;;;+2/p-2. The van der Waals surface area contributed by atoms with Crippen LogP contribution in [-0.2, 0) is 53.8 Å². The van der Waals surface area contributed by atoms with Crippen molar-refractivity contribution in [3.05, 3.63) is 13.8 Å². The van der Waals surface area contributed by atoms with Gasteiger partial charge in [0, 0.05) is 39.3 Å². The molecule has 0 heterocycles. The number of ether oxygens (including phenoxy) is 4. The molecule has 0 aromatic carbocycles. The molecule has 0 rings (SSSR count). The predicted octanol–water partition coefficient (Wildman–Crippen LogP) is 6.21. The molecule has 37 heavy (non-hydrogen) atoms. The van der Waals surface area contributed by atoms with Gasteiger partial charge in [0.2, 0.25) is 0 Å². The van der Waals surface area contributed by atoms with Crippen LogP contribution in [0.5, 0.6) is 0 Å². The number of carbonyl (C=O) groups is 2. The fourth-order valence-corrected chi connectivity index (χ4v) is 2.12. The Balaban J connectivity index is -0.000000140. The van der Waals surface area contributed by atoms with Crippen LogP contribution in [0.3, 0.4) is 0 Å². The van der Waals surface area contributed by atoms with Gasteiger partial charge >= 0.3 is 35.8 Å². The second-order valence-corrected chi connectivity index (χ2v) is 8.51.